The highest BCUT2D eigenvalue weighted by molar-refractivity contribution is 5.56. The minimum atomic E-state index is 1.00. The van der Waals surface area contributed by atoms with Gasteiger partial charge in [0.15, 0.2) is 0 Å². The monoisotopic (exact) mass is 137 g/mol. The highest BCUT2D eigenvalue weighted by atomic mass is 14.7. The van der Waals surface area contributed by atoms with Gasteiger partial charge >= 0.3 is 0 Å². The van der Waals surface area contributed by atoms with Crippen molar-refractivity contribution in [2.75, 3.05) is 0 Å². The van der Waals surface area contributed by atoms with Crippen LogP contribution in [0.1, 0.15) is 27.2 Å². The molecule has 0 aliphatic rings. The van der Waals surface area contributed by atoms with Crippen LogP contribution in [-0.2, 0) is 0 Å². The maximum absolute atomic E-state index is 4.15. The molecule has 0 N–H and O–H groups in total. The lowest BCUT2D eigenvalue weighted by Crippen LogP contribution is -1.79. The Kier molecular flexibility index (Phi) is 4.55. The normalized spacial score (nSPS) is 13.5. The van der Waals surface area contributed by atoms with E-state index < -0.39 is 0 Å². The Balaban J connectivity index is 4.44. The smallest absolute Gasteiger partial charge is 0.0608 e. The quantitative estimate of drug-likeness (QED) is 0.419. The third-order valence-electron chi connectivity index (χ3n) is 1.43. The van der Waals surface area contributed by atoms with E-state index in [0.29, 0.717) is 0 Å². The van der Waals surface area contributed by atoms with Gasteiger partial charge in [0.25, 0.3) is 0 Å². The fraction of sp³-hybridized carbons (Fsp3) is 0.444. The van der Waals surface area contributed by atoms with Crippen LogP contribution in [0.4, 0.5) is 0 Å². The summed E-state index contributed by atoms with van der Waals surface area (Å²) in [6.45, 7) is 9.77. The Labute approximate surface area is 63.2 Å². The van der Waals surface area contributed by atoms with Gasteiger partial charge in [0, 0.05) is 6.21 Å². The maximum Gasteiger partial charge on any atom is 0.0608 e. The van der Waals surface area contributed by atoms with E-state index in [1.54, 1.807) is 12.3 Å². The first-order chi connectivity index (χ1) is 4.76. The number of nitrogens with zero attached hydrogens (tertiary/aromatic N) is 1. The summed E-state index contributed by atoms with van der Waals surface area (Å²) in [4.78, 5) is 4.15. The molecule has 1 nitrogen and oxygen atoms in total. The number of allylic oxidation sites excluding steroid dienone is 2. The van der Waals surface area contributed by atoms with Crippen LogP contribution in [0.2, 0.25) is 0 Å². The van der Waals surface area contributed by atoms with Gasteiger partial charge in [-0.1, -0.05) is 13.5 Å². The van der Waals surface area contributed by atoms with Crippen molar-refractivity contribution < 1.29 is 0 Å². The molecule has 0 aromatic heterocycles. The van der Waals surface area contributed by atoms with E-state index in [2.05, 4.69) is 25.4 Å². The summed E-state index contributed by atoms with van der Waals surface area (Å²) in [5.41, 5.74) is 2.29. The lowest BCUT2D eigenvalue weighted by Gasteiger charge is -1.97. The standard InChI is InChI=1S/C9H15N/c1-5-8(4)9(6-2)10-7-3/h6-7H,2,5H2,1,3-4H3/b9-8+,10-7-. The Hall–Kier alpha value is -0.850. The molecular weight excluding hydrogens is 122 g/mol. The summed E-state index contributed by atoms with van der Waals surface area (Å²) in [7, 11) is 0. The zero-order chi connectivity index (χ0) is 7.98. The van der Waals surface area contributed by atoms with Crippen molar-refractivity contribution in [3.05, 3.63) is 23.9 Å². The molecule has 0 atom stereocenters. The average Bonchev–Trinajstić information content (AvgIpc) is 1.99. The molecule has 0 unspecified atom stereocenters. The molecule has 0 radical (unpaired) electrons. The number of hydrogen-bond acceptors (Lipinski definition) is 1. The second-order valence-electron chi connectivity index (χ2n) is 2.11. The molecule has 0 heterocycles. The zero-order valence-electron chi connectivity index (χ0n) is 7.02. The number of hydrogen-bond donors (Lipinski definition) is 0. The van der Waals surface area contributed by atoms with Gasteiger partial charge in [0.2, 0.25) is 0 Å². The molecule has 56 valence electrons. The lowest BCUT2D eigenvalue weighted by atomic mass is 10.2. The molecule has 0 aliphatic heterocycles. The van der Waals surface area contributed by atoms with Gasteiger partial charge in [-0.2, -0.15) is 0 Å². The van der Waals surface area contributed by atoms with Gasteiger partial charge in [0.1, 0.15) is 0 Å². The zero-order valence-corrected chi connectivity index (χ0v) is 7.02. The first-order valence-electron chi connectivity index (χ1n) is 3.57. The molecule has 0 spiro atoms. The summed E-state index contributed by atoms with van der Waals surface area (Å²) in [5, 5.41) is 0. The van der Waals surface area contributed by atoms with Gasteiger partial charge in [-0.3, -0.25) is 4.99 Å². The van der Waals surface area contributed by atoms with Gasteiger partial charge in [-0.15, -0.1) is 0 Å². The van der Waals surface area contributed by atoms with Crippen molar-refractivity contribution >= 4 is 6.21 Å². The van der Waals surface area contributed by atoms with Crippen molar-refractivity contribution in [3.8, 4) is 0 Å². The van der Waals surface area contributed by atoms with E-state index in [4.69, 9.17) is 0 Å². The Morgan fingerprint density at radius 1 is 1.60 bits per heavy atom. The van der Waals surface area contributed by atoms with Crippen LogP contribution in [0.15, 0.2) is 28.9 Å². The van der Waals surface area contributed by atoms with Crippen LogP contribution in [0.3, 0.4) is 0 Å². The second kappa shape index (κ2) is 4.98. The maximum atomic E-state index is 4.15. The Morgan fingerprint density at radius 3 is 2.50 bits per heavy atom. The van der Waals surface area contributed by atoms with Gasteiger partial charge in [0.05, 0.1) is 5.70 Å². The summed E-state index contributed by atoms with van der Waals surface area (Å²) in [6.07, 6.45) is 4.62. The van der Waals surface area contributed by atoms with Crippen molar-refractivity contribution in [1.82, 2.24) is 0 Å². The van der Waals surface area contributed by atoms with Gasteiger partial charge in [-0.25, -0.2) is 0 Å². The SMILES string of the molecule is C=CC(/N=C\C)=C(/C)CC. The molecule has 0 rings (SSSR count). The van der Waals surface area contributed by atoms with Crippen LogP contribution in [0.25, 0.3) is 0 Å². The molecule has 0 amide bonds. The minimum absolute atomic E-state index is 1.00. The van der Waals surface area contributed by atoms with E-state index in [1.807, 2.05) is 6.92 Å². The Morgan fingerprint density at radius 2 is 2.20 bits per heavy atom. The highest BCUT2D eigenvalue weighted by Gasteiger charge is 1.90. The summed E-state index contributed by atoms with van der Waals surface area (Å²) >= 11 is 0. The van der Waals surface area contributed by atoms with Crippen molar-refractivity contribution in [2.24, 2.45) is 4.99 Å². The Bertz CT molecular complexity index is 164. The van der Waals surface area contributed by atoms with Crippen LogP contribution in [-0.4, -0.2) is 6.21 Å². The van der Waals surface area contributed by atoms with E-state index in [1.165, 1.54) is 5.57 Å². The third kappa shape index (κ3) is 2.62. The fourth-order valence-corrected chi connectivity index (χ4v) is 0.657. The predicted octanol–water partition coefficient (Wildman–Crippen LogP) is 2.95. The third-order valence-corrected chi connectivity index (χ3v) is 1.43. The molecule has 1 heteroatoms. The fourth-order valence-electron chi connectivity index (χ4n) is 0.657. The van der Waals surface area contributed by atoms with E-state index in [9.17, 15) is 0 Å². The summed E-state index contributed by atoms with van der Waals surface area (Å²) < 4.78 is 0. The first-order valence-corrected chi connectivity index (χ1v) is 3.57. The van der Waals surface area contributed by atoms with Gasteiger partial charge < -0.3 is 0 Å². The second-order valence-corrected chi connectivity index (χ2v) is 2.11. The lowest BCUT2D eigenvalue weighted by molar-refractivity contribution is 1.06. The average molecular weight is 137 g/mol. The highest BCUT2D eigenvalue weighted by Crippen LogP contribution is 2.08. The number of rotatable bonds is 3. The van der Waals surface area contributed by atoms with Crippen LogP contribution >= 0.6 is 0 Å². The summed E-state index contributed by atoms with van der Waals surface area (Å²) in [6, 6.07) is 0. The van der Waals surface area contributed by atoms with Crippen molar-refractivity contribution in [3.63, 3.8) is 0 Å². The van der Waals surface area contributed by atoms with Crippen LogP contribution < -0.4 is 0 Å². The molecule has 0 aromatic carbocycles. The minimum Gasteiger partial charge on any atom is -0.262 e. The molecule has 0 bridgehead atoms. The predicted molar refractivity (Wildman–Crippen MR) is 47.4 cm³/mol. The largest absolute Gasteiger partial charge is 0.262 e. The van der Waals surface area contributed by atoms with E-state index in [0.717, 1.165) is 12.1 Å². The number of aliphatic imine (C=N–C) groups is 1. The van der Waals surface area contributed by atoms with Crippen molar-refractivity contribution in [1.29, 1.82) is 0 Å². The molecule has 0 saturated heterocycles. The van der Waals surface area contributed by atoms with Crippen LogP contribution in [0, 0.1) is 0 Å². The van der Waals surface area contributed by atoms with Crippen molar-refractivity contribution in [2.45, 2.75) is 27.2 Å². The van der Waals surface area contributed by atoms with E-state index >= 15 is 0 Å². The van der Waals surface area contributed by atoms with E-state index in [-0.39, 0.29) is 0 Å². The molecule has 0 aliphatic carbocycles. The molecule has 0 saturated carbocycles. The summed E-state index contributed by atoms with van der Waals surface area (Å²) in [5.74, 6) is 0. The molecular formula is C9H15N. The first kappa shape index (κ1) is 9.15. The molecule has 10 heavy (non-hydrogen) atoms. The molecule has 0 aromatic rings. The van der Waals surface area contributed by atoms with Gasteiger partial charge in [-0.05, 0) is 31.9 Å². The topological polar surface area (TPSA) is 12.4 Å². The molecule has 0 fully saturated rings. The van der Waals surface area contributed by atoms with Crippen LogP contribution in [0.5, 0.6) is 0 Å².